The Bertz CT molecular complexity index is 432. The van der Waals surface area contributed by atoms with Gasteiger partial charge < -0.3 is 4.74 Å². The van der Waals surface area contributed by atoms with Crippen LogP contribution in [0.2, 0.25) is 0 Å². The van der Waals surface area contributed by atoms with Gasteiger partial charge in [0.1, 0.15) is 5.56 Å². The second-order valence-electron chi connectivity index (χ2n) is 4.27. The molecule has 0 aromatic carbocycles. The number of carbonyl (C=O) groups is 1. The molecular formula is C12H17ClN2O2. The Kier molecular flexibility index (Phi) is 4.75. The molecule has 4 nitrogen and oxygen atoms in total. The molecule has 0 aliphatic heterocycles. The van der Waals surface area contributed by atoms with Gasteiger partial charge in [-0.1, -0.05) is 11.6 Å². The normalized spacial score (nSPS) is 10.5. The molecule has 0 saturated heterocycles. The maximum absolute atomic E-state index is 11.2. The number of halogens is 1. The van der Waals surface area contributed by atoms with E-state index in [0.717, 1.165) is 0 Å². The minimum atomic E-state index is -0.552. The summed E-state index contributed by atoms with van der Waals surface area (Å²) in [6, 6.07) is 0. The lowest BCUT2D eigenvalue weighted by Gasteiger charge is -2.12. The van der Waals surface area contributed by atoms with Crippen LogP contribution in [-0.2, 0) is 6.54 Å². The highest BCUT2D eigenvalue weighted by Gasteiger charge is 2.17. The minimum Gasteiger partial charge on any atom is -0.475 e. The average Bonchev–Trinajstić information content (AvgIpc) is 2.57. The lowest BCUT2D eigenvalue weighted by Crippen LogP contribution is -2.12. The van der Waals surface area contributed by atoms with Crippen molar-refractivity contribution in [3.63, 3.8) is 0 Å². The van der Waals surface area contributed by atoms with E-state index in [1.807, 2.05) is 33.8 Å². The van der Waals surface area contributed by atoms with Crippen molar-refractivity contribution in [2.45, 2.75) is 40.3 Å². The summed E-state index contributed by atoms with van der Waals surface area (Å²) < 4.78 is 7.20. The Hall–Kier alpha value is -1.29. The number of aromatic nitrogens is 2. The zero-order valence-corrected chi connectivity index (χ0v) is 11.3. The Balaban J connectivity index is 3.04. The van der Waals surface area contributed by atoms with E-state index >= 15 is 0 Å². The summed E-state index contributed by atoms with van der Waals surface area (Å²) in [6.07, 6.45) is 3.40. The smallest absolute Gasteiger partial charge is 0.259 e. The number of hydrogen-bond donors (Lipinski definition) is 0. The van der Waals surface area contributed by atoms with Crippen molar-refractivity contribution >= 4 is 16.8 Å². The summed E-state index contributed by atoms with van der Waals surface area (Å²) in [4.78, 5) is 11.2. The summed E-state index contributed by atoms with van der Waals surface area (Å²) in [5, 5.41) is 3.55. The molecule has 17 heavy (non-hydrogen) atoms. The molecule has 0 aliphatic carbocycles. The molecule has 0 atom stereocenters. The van der Waals surface area contributed by atoms with E-state index < -0.39 is 5.24 Å². The Morgan fingerprint density at radius 3 is 2.71 bits per heavy atom. The lowest BCUT2D eigenvalue weighted by atomic mass is 10.3. The molecule has 1 aromatic rings. The molecule has 0 bridgehead atoms. The SMILES string of the molecule is CC(C)=CCn1ncc(C(=O)Cl)c1OC(C)C. The third-order valence-electron chi connectivity index (χ3n) is 2.02. The molecule has 0 fully saturated rings. The monoisotopic (exact) mass is 256 g/mol. The fourth-order valence-electron chi connectivity index (χ4n) is 1.26. The number of ether oxygens (including phenoxy) is 1. The highest BCUT2D eigenvalue weighted by Crippen LogP contribution is 2.21. The van der Waals surface area contributed by atoms with Crippen LogP contribution in [0.5, 0.6) is 5.88 Å². The van der Waals surface area contributed by atoms with Crippen molar-refractivity contribution in [2.75, 3.05) is 0 Å². The van der Waals surface area contributed by atoms with Crippen LogP contribution in [-0.4, -0.2) is 21.1 Å². The van der Waals surface area contributed by atoms with E-state index in [-0.39, 0.29) is 6.10 Å². The quantitative estimate of drug-likeness (QED) is 0.601. The summed E-state index contributed by atoms with van der Waals surface area (Å²) >= 11 is 5.48. The molecule has 0 radical (unpaired) electrons. The van der Waals surface area contributed by atoms with Gasteiger partial charge in [-0.05, 0) is 39.3 Å². The molecule has 1 heterocycles. The van der Waals surface area contributed by atoms with Gasteiger partial charge in [0.25, 0.3) is 5.24 Å². The zero-order valence-electron chi connectivity index (χ0n) is 10.5. The molecule has 1 rings (SSSR count). The van der Waals surface area contributed by atoms with Crippen LogP contribution in [0.3, 0.4) is 0 Å². The van der Waals surface area contributed by atoms with Gasteiger partial charge in [-0.3, -0.25) is 4.79 Å². The second-order valence-corrected chi connectivity index (χ2v) is 4.61. The van der Waals surface area contributed by atoms with E-state index in [1.54, 1.807) is 4.68 Å². The lowest BCUT2D eigenvalue weighted by molar-refractivity contribution is 0.107. The Morgan fingerprint density at radius 2 is 2.24 bits per heavy atom. The Labute approximate surface area is 106 Å². The van der Waals surface area contributed by atoms with Gasteiger partial charge in [0, 0.05) is 0 Å². The Morgan fingerprint density at radius 1 is 1.59 bits per heavy atom. The first kappa shape index (κ1) is 13.8. The number of rotatable bonds is 5. The fraction of sp³-hybridized carbons (Fsp3) is 0.500. The van der Waals surface area contributed by atoms with Gasteiger partial charge in [-0.15, -0.1) is 0 Å². The third-order valence-corrected chi connectivity index (χ3v) is 2.23. The van der Waals surface area contributed by atoms with E-state index in [1.165, 1.54) is 11.8 Å². The van der Waals surface area contributed by atoms with E-state index in [4.69, 9.17) is 16.3 Å². The van der Waals surface area contributed by atoms with Crippen molar-refractivity contribution < 1.29 is 9.53 Å². The zero-order chi connectivity index (χ0) is 13.0. The minimum absolute atomic E-state index is 0.0353. The first-order chi connectivity index (χ1) is 7.91. The van der Waals surface area contributed by atoms with E-state index in [9.17, 15) is 4.79 Å². The predicted molar refractivity (Wildman–Crippen MR) is 67.6 cm³/mol. The van der Waals surface area contributed by atoms with Crippen LogP contribution in [0.25, 0.3) is 0 Å². The molecule has 0 spiro atoms. The van der Waals surface area contributed by atoms with Crippen molar-refractivity contribution in [1.29, 1.82) is 0 Å². The van der Waals surface area contributed by atoms with Gasteiger partial charge in [0.05, 0.1) is 18.8 Å². The first-order valence-electron chi connectivity index (χ1n) is 5.47. The van der Waals surface area contributed by atoms with Gasteiger partial charge in [0.2, 0.25) is 5.88 Å². The van der Waals surface area contributed by atoms with E-state index in [0.29, 0.717) is 18.0 Å². The van der Waals surface area contributed by atoms with Crippen LogP contribution in [0.4, 0.5) is 0 Å². The van der Waals surface area contributed by atoms with Crippen molar-refractivity contribution in [3.05, 3.63) is 23.4 Å². The maximum Gasteiger partial charge on any atom is 0.259 e. The van der Waals surface area contributed by atoms with Crippen LogP contribution in [0.1, 0.15) is 38.1 Å². The topological polar surface area (TPSA) is 44.1 Å². The van der Waals surface area contributed by atoms with Gasteiger partial charge in [0.15, 0.2) is 0 Å². The number of carbonyl (C=O) groups excluding carboxylic acids is 1. The van der Waals surface area contributed by atoms with Gasteiger partial charge in [-0.25, -0.2) is 4.68 Å². The number of nitrogens with zero attached hydrogens (tertiary/aromatic N) is 2. The molecule has 1 aromatic heterocycles. The molecule has 94 valence electrons. The molecular weight excluding hydrogens is 240 g/mol. The van der Waals surface area contributed by atoms with Crippen LogP contribution in [0.15, 0.2) is 17.8 Å². The molecule has 0 saturated carbocycles. The number of hydrogen-bond acceptors (Lipinski definition) is 3. The molecule has 0 amide bonds. The van der Waals surface area contributed by atoms with E-state index in [2.05, 4.69) is 5.10 Å². The summed E-state index contributed by atoms with van der Waals surface area (Å²) in [6.45, 7) is 8.34. The molecule has 0 N–H and O–H groups in total. The first-order valence-corrected chi connectivity index (χ1v) is 5.85. The second kappa shape index (κ2) is 5.87. The third kappa shape index (κ3) is 3.89. The van der Waals surface area contributed by atoms with Crippen LogP contribution < -0.4 is 4.74 Å². The standard InChI is InChI=1S/C12H17ClN2O2/c1-8(2)5-6-15-12(17-9(3)4)10(7-14-15)11(13)16/h5,7,9H,6H2,1-4H3. The van der Waals surface area contributed by atoms with Crippen LogP contribution >= 0.6 is 11.6 Å². The molecule has 5 heteroatoms. The van der Waals surface area contributed by atoms with Crippen molar-refractivity contribution in [1.82, 2.24) is 9.78 Å². The number of allylic oxidation sites excluding steroid dienone is 2. The predicted octanol–water partition coefficient (Wildman–Crippen LogP) is 3.02. The molecule has 0 unspecified atom stereocenters. The van der Waals surface area contributed by atoms with Gasteiger partial charge >= 0.3 is 0 Å². The largest absolute Gasteiger partial charge is 0.475 e. The van der Waals surface area contributed by atoms with Crippen LogP contribution in [0, 0.1) is 0 Å². The maximum atomic E-state index is 11.2. The average molecular weight is 257 g/mol. The highest BCUT2D eigenvalue weighted by atomic mass is 35.5. The molecule has 0 aliphatic rings. The summed E-state index contributed by atoms with van der Waals surface area (Å²) in [7, 11) is 0. The summed E-state index contributed by atoms with van der Waals surface area (Å²) in [5.41, 5.74) is 1.48. The van der Waals surface area contributed by atoms with Crippen molar-refractivity contribution in [2.24, 2.45) is 0 Å². The van der Waals surface area contributed by atoms with Gasteiger partial charge in [-0.2, -0.15) is 5.10 Å². The fourth-order valence-corrected chi connectivity index (χ4v) is 1.39. The summed E-state index contributed by atoms with van der Waals surface area (Å²) in [5.74, 6) is 0.428. The highest BCUT2D eigenvalue weighted by molar-refractivity contribution is 6.68. The van der Waals surface area contributed by atoms with Crippen molar-refractivity contribution in [3.8, 4) is 5.88 Å².